The number of aromatic hydroxyl groups is 1. The van der Waals surface area contributed by atoms with Gasteiger partial charge in [-0.25, -0.2) is 29.6 Å². The number of aromatic nitrogens is 1. The number of hydrogen-bond donors (Lipinski definition) is 16. The van der Waals surface area contributed by atoms with Crippen LogP contribution in [0, 0.1) is 11.8 Å². The van der Waals surface area contributed by atoms with Crippen LogP contribution in [0.25, 0.3) is 0 Å². The van der Waals surface area contributed by atoms with E-state index in [1.54, 1.807) is 49.4 Å². The number of carboxylic acids is 5. The van der Waals surface area contributed by atoms with Crippen molar-refractivity contribution in [1.29, 1.82) is 0 Å². The monoisotopic (exact) mass is 1730 g/mol. The molecule has 1 aromatic heterocycles. The zero-order chi connectivity index (χ0) is 87.7. The topological polar surface area (TPSA) is 562 Å². The van der Waals surface area contributed by atoms with Crippen molar-refractivity contribution in [3.05, 3.63) is 81.8 Å². The molecule has 16 N–H and O–H groups in total. The second-order valence-electron chi connectivity index (χ2n) is 28.5. The van der Waals surface area contributed by atoms with Crippen molar-refractivity contribution in [2.75, 3.05) is 38.4 Å². The van der Waals surface area contributed by atoms with Crippen LogP contribution in [0.3, 0.4) is 0 Å². The number of thiazole rings is 1. The Morgan fingerprint density at radius 3 is 1.86 bits per heavy atom. The summed E-state index contributed by atoms with van der Waals surface area (Å²) in [5.41, 5.74) is 5.44. The number of likely N-dealkylation sites (N-methyl/N-ethyl adjacent to an activating group) is 1. The third kappa shape index (κ3) is 37.4. The van der Waals surface area contributed by atoms with E-state index < -0.39 is 187 Å². The maximum absolute atomic E-state index is 15.0. The van der Waals surface area contributed by atoms with Gasteiger partial charge in [0, 0.05) is 86.9 Å². The molecule has 1 saturated heterocycles. The fourth-order valence-electron chi connectivity index (χ4n) is 12.1. The molecule has 652 valence electrons. The zero-order valence-corrected chi connectivity index (χ0v) is 70.2. The first-order valence-electron chi connectivity index (χ1n) is 38.4. The van der Waals surface area contributed by atoms with E-state index in [0.29, 0.717) is 36.9 Å². The van der Waals surface area contributed by atoms with E-state index in [1.165, 1.54) is 36.3 Å². The average molecular weight is 1730 g/mol. The number of thiocarbonyl (C=S) groups is 1. The molecule has 1 aliphatic heterocycles. The van der Waals surface area contributed by atoms with Gasteiger partial charge >= 0.3 is 47.9 Å². The summed E-state index contributed by atoms with van der Waals surface area (Å²) in [5.74, 6) is -15.2. The van der Waals surface area contributed by atoms with Gasteiger partial charge in [0.05, 0.1) is 12.5 Å². The van der Waals surface area contributed by atoms with E-state index in [9.17, 15) is 97.5 Å². The van der Waals surface area contributed by atoms with Crippen LogP contribution in [0.5, 0.6) is 5.75 Å². The number of hydrazine groups is 1. The number of benzene rings is 2. The number of aliphatic carboxylic acids is 5. The molecule has 0 spiro atoms. The van der Waals surface area contributed by atoms with Gasteiger partial charge in [0.25, 0.3) is 5.91 Å². The summed E-state index contributed by atoms with van der Waals surface area (Å²) >= 11 is 6.02. The minimum atomic E-state index is -1.77. The fraction of sp³-hybridized carbons (Fsp3) is 0.579. The number of phenols is 1. The van der Waals surface area contributed by atoms with Gasteiger partial charge in [0.1, 0.15) is 59.3 Å². The van der Waals surface area contributed by atoms with Crippen molar-refractivity contribution >= 4 is 145 Å². The Kier molecular flexibility index (Phi) is 44.3. The van der Waals surface area contributed by atoms with Crippen LogP contribution in [0.1, 0.15) is 184 Å². The first kappa shape index (κ1) is 99.9. The largest absolute Gasteiger partial charge is 0.508 e. The third-order valence-corrected chi connectivity index (χ3v) is 22.2. The van der Waals surface area contributed by atoms with E-state index in [2.05, 4.69) is 58.4 Å². The van der Waals surface area contributed by atoms with Gasteiger partial charge in [-0.3, -0.25) is 67.9 Å². The highest BCUT2D eigenvalue weighted by molar-refractivity contribution is 8.76. The van der Waals surface area contributed by atoms with E-state index in [0.717, 1.165) is 45.8 Å². The lowest BCUT2D eigenvalue weighted by molar-refractivity contribution is -0.161. The number of piperidine rings is 1. The first-order valence-corrected chi connectivity index (χ1v) is 42.2. The number of carbonyl (C=O) groups excluding carboxylic acids is 11. The second-order valence-corrected chi connectivity index (χ2v) is 32.4. The van der Waals surface area contributed by atoms with Crippen LogP contribution in [-0.2, 0) is 94.2 Å². The predicted octanol–water partition coefficient (Wildman–Crippen LogP) is 3.83. The molecule has 0 aliphatic carbocycles. The molecule has 3 aromatic rings. The number of esters is 2. The Balaban J connectivity index is 1.33. The zero-order valence-electron chi connectivity index (χ0n) is 67.0. The molecule has 9 amide bonds. The number of nitrogens with zero attached hydrogens (tertiary/aromatic N) is 3. The number of rotatable bonds is 52. The molecule has 2 aromatic carbocycles. The molecule has 12 atom stereocenters. The number of amides is 9. The highest BCUT2D eigenvalue weighted by Gasteiger charge is 2.41. The molecule has 1 unspecified atom stereocenters. The first-order chi connectivity index (χ1) is 55.9. The maximum Gasteiger partial charge on any atom is 0.426 e. The summed E-state index contributed by atoms with van der Waals surface area (Å²) < 4.78 is 16.8. The third-order valence-electron chi connectivity index (χ3n) is 18.7. The number of ether oxygens (including phenoxy) is 3. The minimum Gasteiger partial charge on any atom is -0.508 e. The van der Waals surface area contributed by atoms with Gasteiger partial charge in [-0.15, -0.1) is 11.3 Å². The highest BCUT2D eigenvalue weighted by Crippen LogP contribution is 2.33. The van der Waals surface area contributed by atoms with Gasteiger partial charge in [0.15, 0.2) is 17.9 Å². The van der Waals surface area contributed by atoms with Crippen molar-refractivity contribution < 1.29 is 122 Å². The second kappa shape index (κ2) is 52.4. The van der Waals surface area contributed by atoms with Gasteiger partial charge in [0.2, 0.25) is 41.4 Å². The van der Waals surface area contributed by atoms with E-state index >= 15 is 4.79 Å². The molecule has 1 fully saturated rings. The van der Waals surface area contributed by atoms with Gasteiger partial charge < -0.3 is 92.3 Å². The Labute approximate surface area is 699 Å². The van der Waals surface area contributed by atoms with Crippen LogP contribution in [0.4, 0.5) is 4.79 Å². The molecule has 38 nitrogen and oxygen atoms in total. The molecule has 4 rings (SSSR count). The Morgan fingerprint density at radius 2 is 1.25 bits per heavy atom. The van der Waals surface area contributed by atoms with E-state index in [1.807, 2.05) is 39.6 Å². The summed E-state index contributed by atoms with van der Waals surface area (Å²) in [6.45, 7) is 11.9. The maximum atomic E-state index is 15.0. The Bertz CT molecular complexity index is 3900. The number of phenolic OH excluding ortho intramolecular Hbond substituents is 1. The summed E-state index contributed by atoms with van der Waals surface area (Å²) in [4.78, 5) is 216. The SMILES string of the molecule is CCCC(=O)OCN(C(=O)[C@@H](NC(=O)[C@H]1CCCCN1C)C(C)CC)[C@H](C[C@@H](OC(C)=O)c1nc(C(=O)N[C@H](CCC(=O)NNC(=O)OCCSSC[C@H](NC(=O)[C@H](Cc2ccccc2)NC(=O)[C@H](CC(=O)O)NC(=O)CC[C@@H](C)NC(=O)CC[C@H](NC(=S)N[C@@H](CCC(=O)O)C(=O)O)C(=O)O)C(=O)O)Cc2ccc(O)cc2)cs1)C(C)C. The molecule has 1 aliphatic rings. The normalized spacial score (nSPS) is 15.4. The molecule has 42 heteroatoms. The molecule has 2 heterocycles. The number of carboxylic acid groups (broad SMARTS) is 5. The van der Waals surface area contributed by atoms with E-state index in [-0.39, 0.29) is 117 Å². The summed E-state index contributed by atoms with van der Waals surface area (Å²) in [6.07, 6.45) is -2.27. The molecule has 118 heavy (non-hydrogen) atoms. The molecule has 0 bridgehead atoms. The van der Waals surface area contributed by atoms with Crippen LogP contribution in [-0.4, -0.2) is 245 Å². The molecule has 0 saturated carbocycles. The fourth-order valence-corrected chi connectivity index (χ4v) is 15.2. The minimum absolute atomic E-state index is 0.0112. The van der Waals surface area contributed by atoms with Gasteiger partial charge in [-0.1, -0.05) is 112 Å². The lowest BCUT2D eigenvalue weighted by Crippen LogP contribution is -2.59. The Morgan fingerprint density at radius 1 is 0.644 bits per heavy atom. The van der Waals surface area contributed by atoms with Crippen LogP contribution < -0.4 is 53.4 Å². The van der Waals surface area contributed by atoms with Crippen LogP contribution in [0.2, 0.25) is 0 Å². The van der Waals surface area contributed by atoms with Crippen molar-refractivity contribution in [2.24, 2.45) is 11.8 Å². The number of likely N-dealkylation sites (tertiary alicyclic amines) is 1. The van der Waals surface area contributed by atoms with Crippen molar-refractivity contribution in [1.82, 2.24) is 68.2 Å². The lowest BCUT2D eigenvalue weighted by Gasteiger charge is -2.39. The molecular weight excluding hydrogens is 1620 g/mol. The number of carbonyl (C=O) groups is 16. The van der Waals surface area contributed by atoms with E-state index in [4.69, 9.17) is 31.5 Å². The highest BCUT2D eigenvalue weighted by atomic mass is 33.1. The molecular formula is C76H109N13O25S4. The summed E-state index contributed by atoms with van der Waals surface area (Å²) in [5, 5.41) is 79.5. The predicted molar refractivity (Wildman–Crippen MR) is 435 cm³/mol. The van der Waals surface area contributed by atoms with Crippen molar-refractivity contribution in [2.45, 2.75) is 231 Å². The lowest BCUT2D eigenvalue weighted by atomic mass is 9.92. The smallest absolute Gasteiger partial charge is 0.426 e. The van der Waals surface area contributed by atoms with Gasteiger partial charge in [-0.2, -0.15) is 0 Å². The summed E-state index contributed by atoms with van der Waals surface area (Å²) in [6, 6.07) is 2.65. The quantitative estimate of drug-likeness (QED) is 0.00726. The Hall–Kier alpha value is -10.5. The standard InChI is InChI=1S/C76H109N13O25S4/c1-9-16-64(99)113-41-89(71(104)65(43(5)10-2)85-69(103)56-19-14-15-32-88(56)8)57(42(3)4)38-58(114-45(7)90)70-82-54(39-116-70)68(102)78-48(35-47-21-24-49(91)25-22-47)23-29-61(94)86-87-76(111)112-33-34-117-118-40-55(74(109)110)81-66(100)52(36-46-17-12-11-13-18-46)80-67(101)53(37-63(97)98)79-60(93)28-20-44(6)77-59(92)30-26-50(72(105)106)83-75(115)84-51(73(107)108)27-31-62(95)96/h11-13,17-18,21-22,24-25,39,42-44,48,50-53,55-58,65,91H,9-10,14-16,19-20,23,26-38,40-41H2,1-8H3,(H,77,92)(H,78,102)(H,79,93)(H,80,101)(H,81,100)(H,85,103)(H,86,94)(H,87,111)(H,95,96)(H,97,98)(H,105,106)(H,107,108)(H,109,110)(H2,83,84,115)/t43?,44-,48-,50+,51+,52+,53+,55+,56-,57-,58-,65+/m1/s1. The van der Waals surface area contributed by atoms with Gasteiger partial charge in [-0.05, 0) is 119 Å². The average Bonchev–Trinajstić information content (AvgIpc) is 1.33. The number of nitrogens with one attached hydrogen (secondary N) is 10. The van der Waals surface area contributed by atoms with Crippen LogP contribution in [0.15, 0.2) is 60.0 Å². The van der Waals surface area contributed by atoms with Crippen molar-refractivity contribution in [3.8, 4) is 5.75 Å². The van der Waals surface area contributed by atoms with Crippen LogP contribution >= 0.6 is 45.1 Å². The number of hydrogen-bond acceptors (Lipinski definition) is 26. The summed E-state index contributed by atoms with van der Waals surface area (Å²) in [7, 11) is 3.87. The van der Waals surface area contributed by atoms with Crippen molar-refractivity contribution in [3.63, 3.8) is 0 Å². The molecule has 0 radical (unpaired) electrons.